The van der Waals surface area contributed by atoms with Gasteiger partial charge in [0.25, 0.3) is 0 Å². The number of hydrogen-bond acceptors (Lipinski definition) is 4. The average molecular weight is 268 g/mol. The van der Waals surface area contributed by atoms with Crippen LogP contribution in [0, 0.1) is 5.92 Å². The van der Waals surface area contributed by atoms with Crippen molar-refractivity contribution in [1.29, 1.82) is 0 Å². The monoisotopic (exact) mass is 268 g/mol. The van der Waals surface area contributed by atoms with Crippen LogP contribution in [0.4, 0.5) is 5.69 Å². The van der Waals surface area contributed by atoms with Crippen LogP contribution in [-0.4, -0.2) is 34.3 Å². The van der Waals surface area contributed by atoms with Gasteiger partial charge in [0.15, 0.2) is 9.84 Å². The zero-order valence-electron chi connectivity index (χ0n) is 10.6. The van der Waals surface area contributed by atoms with Crippen LogP contribution < -0.4 is 10.6 Å². The predicted molar refractivity (Wildman–Crippen MR) is 73.6 cm³/mol. The summed E-state index contributed by atoms with van der Waals surface area (Å²) in [5.41, 5.74) is 0.886. The number of nitrogens with one attached hydrogen (secondary N) is 2. The van der Waals surface area contributed by atoms with Crippen LogP contribution in [0.3, 0.4) is 0 Å². The van der Waals surface area contributed by atoms with Crippen molar-refractivity contribution in [1.82, 2.24) is 5.32 Å². The Hall–Kier alpha value is -1.07. The van der Waals surface area contributed by atoms with E-state index in [0.717, 1.165) is 25.3 Å². The molecule has 1 saturated heterocycles. The van der Waals surface area contributed by atoms with Crippen LogP contribution in [0.15, 0.2) is 29.2 Å². The molecule has 0 unspecified atom stereocenters. The molecule has 0 saturated carbocycles. The molecule has 0 aromatic heterocycles. The second-order valence-corrected chi connectivity index (χ2v) is 6.89. The number of benzene rings is 1. The molecule has 2 rings (SSSR count). The summed E-state index contributed by atoms with van der Waals surface area (Å²) in [4.78, 5) is 0.373. The van der Waals surface area contributed by atoms with Crippen molar-refractivity contribution in [2.24, 2.45) is 5.92 Å². The van der Waals surface area contributed by atoms with Gasteiger partial charge in [0.1, 0.15) is 0 Å². The lowest BCUT2D eigenvalue weighted by atomic mass is 9.98. The normalized spacial score (nSPS) is 17.6. The van der Waals surface area contributed by atoms with Crippen molar-refractivity contribution in [3.63, 3.8) is 0 Å². The molecule has 1 aromatic carbocycles. The van der Waals surface area contributed by atoms with Crippen LogP contribution in [0.1, 0.15) is 12.8 Å². The molecular weight excluding hydrogens is 248 g/mol. The Kier molecular flexibility index (Phi) is 4.24. The predicted octanol–water partition coefficient (Wildman–Crippen LogP) is 1.50. The molecule has 5 heteroatoms. The van der Waals surface area contributed by atoms with Crippen molar-refractivity contribution in [3.05, 3.63) is 24.3 Å². The van der Waals surface area contributed by atoms with E-state index in [9.17, 15) is 8.42 Å². The minimum atomic E-state index is -3.12. The third-order valence-corrected chi connectivity index (χ3v) is 4.43. The molecule has 0 bridgehead atoms. The lowest BCUT2D eigenvalue weighted by Gasteiger charge is -2.23. The van der Waals surface area contributed by atoms with E-state index in [1.807, 2.05) is 6.07 Å². The maximum absolute atomic E-state index is 11.5. The Labute approximate surface area is 109 Å². The smallest absolute Gasteiger partial charge is 0.175 e. The summed E-state index contributed by atoms with van der Waals surface area (Å²) in [6.07, 6.45) is 3.59. The number of anilines is 1. The summed E-state index contributed by atoms with van der Waals surface area (Å²) in [6, 6.07) is 7.03. The fourth-order valence-corrected chi connectivity index (χ4v) is 2.85. The third-order valence-electron chi connectivity index (χ3n) is 3.32. The first kappa shape index (κ1) is 13.4. The van der Waals surface area contributed by atoms with Gasteiger partial charge in [0, 0.05) is 18.5 Å². The fraction of sp³-hybridized carbons (Fsp3) is 0.538. The van der Waals surface area contributed by atoms with Crippen LogP contribution in [0.2, 0.25) is 0 Å². The van der Waals surface area contributed by atoms with Gasteiger partial charge in [-0.1, -0.05) is 6.07 Å². The minimum absolute atomic E-state index is 0.373. The fourth-order valence-electron chi connectivity index (χ4n) is 2.18. The summed E-state index contributed by atoms with van der Waals surface area (Å²) in [5, 5.41) is 6.67. The van der Waals surface area contributed by atoms with Crippen molar-refractivity contribution in [2.45, 2.75) is 17.7 Å². The molecule has 1 heterocycles. The standard InChI is InChI=1S/C13H20N2O2S/c1-18(16,17)13-4-2-3-12(9-13)15-10-11-5-7-14-8-6-11/h2-4,9,11,14-15H,5-8,10H2,1H3. The summed E-state index contributed by atoms with van der Waals surface area (Å²) < 4.78 is 22.9. The largest absolute Gasteiger partial charge is 0.385 e. The van der Waals surface area contributed by atoms with E-state index in [1.165, 1.54) is 19.1 Å². The van der Waals surface area contributed by atoms with E-state index in [4.69, 9.17) is 0 Å². The molecule has 1 fully saturated rings. The van der Waals surface area contributed by atoms with Gasteiger partial charge >= 0.3 is 0 Å². The molecule has 4 nitrogen and oxygen atoms in total. The SMILES string of the molecule is CS(=O)(=O)c1cccc(NCC2CCNCC2)c1. The molecular formula is C13H20N2O2S. The van der Waals surface area contributed by atoms with Crippen LogP contribution in [0.5, 0.6) is 0 Å². The number of sulfone groups is 1. The van der Waals surface area contributed by atoms with Crippen LogP contribution >= 0.6 is 0 Å². The van der Waals surface area contributed by atoms with Crippen molar-refractivity contribution in [2.75, 3.05) is 31.2 Å². The third kappa shape index (κ3) is 3.71. The van der Waals surface area contributed by atoms with Gasteiger partial charge in [0.2, 0.25) is 0 Å². The van der Waals surface area contributed by atoms with Gasteiger partial charge in [-0.15, -0.1) is 0 Å². The lowest BCUT2D eigenvalue weighted by Crippen LogP contribution is -2.31. The van der Waals surface area contributed by atoms with Gasteiger partial charge in [0.05, 0.1) is 4.90 Å². The Morgan fingerprint density at radius 3 is 2.72 bits per heavy atom. The van der Waals surface area contributed by atoms with Gasteiger partial charge in [-0.25, -0.2) is 8.42 Å². The van der Waals surface area contributed by atoms with Crippen LogP contribution in [-0.2, 0) is 9.84 Å². The van der Waals surface area contributed by atoms with Crippen molar-refractivity contribution >= 4 is 15.5 Å². The molecule has 1 aliphatic rings. The highest BCUT2D eigenvalue weighted by Gasteiger charge is 2.13. The van der Waals surface area contributed by atoms with E-state index in [0.29, 0.717) is 10.8 Å². The van der Waals surface area contributed by atoms with E-state index < -0.39 is 9.84 Å². The van der Waals surface area contributed by atoms with E-state index in [2.05, 4.69) is 10.6 Å². The van der Waals surface area contributed by atoms with Gasteiger partial charge < -0.3 is 10.6 Å². The highest BCUT2D eigenvalue weighted by atomic mass is 32.2. The Balaban J connectivity index is 1.97. The molecule has 0 amide bonds. The molecule has 0 spiro atoms. The molecule has 1 aromatic rings. The molecule has 100 valence electrons. The zero-order chi connectivity index (χ0) is 13.0. The molecule has 2 N–H and O–H groups in total. The molecule has 0 aliphatic carbocycles. The van der Waals surface area contributed by atoms with E-state index in [1.54, 1.807) is 18.2 Å². The Morgan fingerprint density at radius 1 is 1.33 bits per heavy atom. The molecule has 0 atom stereocenters. The van der Waals surface area contributed by atoms with Gasteiger partial charge in [-0.05, 0) is 50.0 Å². The summed E-state index contributed by atoms with van der Waals surface area (Å²) >= 11 is 0. The van der Waals surface area contributed by atoms with Crippen molar-refractivity contribution in [3.8, 4) is 0 Å². The van der Waals surface area contributed by atoms with Crippen LogP contribution in [0.25, 0.3) is 0 Å². The summed E-state index contributed by atoms with van der Waals surface area (Å²) in [7, 11) is -3.12. The topological polar surface area (TPSA) is 58.2 Å². The molecule has 18 heavy (non-hydrogen) atoms. The highest BCUT2D eigenvalue weighted by Crippen LogP contribution is 2.17. The summed E-state index contributed by atoms with van der Waals surface area (Å²) in [6.45, 7) is 3.07. The first-order chi connectivity index (χ1) is 8.55. The Bertz CT molecular complexity index is 493. The maximum atomic E-state index is 11.5. The first-order valence-corrected chi connectivity index (χ1v) is 8.19. The molecule has 1 aliphatic heterocycles. The average Bonchev–Trinajstić information content (AvgIpc) is 2.37. The summed E-state index contributed by atoms with van der Waals surface area (Å²) in [5.74, 6) is 0.674. The minimum Gasteiger partial charge on any atom is -0.385 e. The first-order valence-electron chi connectivity index (χ1n) is 6.30. The van der Waals surface area contributed by atoms with E-state index in [-0.39, 0.29) is 0 Å². The number of hydrogen-bond donors (Lipinski definition) is 2. The Morgan fingerprint density at radius 2 is 2.06 bits per heavy atom. The van der Waals surface area contributed by atoms with Crippen molar-refractivity contribution < 1.29 is 8.42 Å². The highest BCUT2D eigenvalue weighted by molar-refractivity contribution is 7.90. The van der Waals surface area contributed by atoms with Gasteiger partial charge in [-0.2, -0.15) is 0 Å². The number of piperidine rings is 1. The second kappa shape index (κ2) is 5.71. The maximum Gasteiger partial charge on any atom is 0.175 e. The van der Waals surface area contributed by atoms with E-state index >= 15 is 0 Å². The zero-order valence-corrected chi connectivity index (χ0v) is 11.5. The second-order valence-electron chi connectivity index (χ2n) is 4.87. The molecule has 0 radical (unpaired) electrons. The number of rotatable bonds is 4. The lowest BCUT2D eigenvalue weighted by molar-refractivity contribution is 0.390. The quantitative estimate of drug-likeness (QED) is 0.869. The van der Waals surface area contributed by atoms with Gasteiger partial charge in [-0.3, -0.25) is 0 Å².